The summed E-state index contributed by atoms with van der Waals surface area (Å²) >= 11 is 0. The fourth-order valence-electron chi connectivity index (χ4n) is 3.78. The number of ether oxygens (including phenoxy) is 1. The van der Waals surface area contributed by atoms with Crippen LogP contribution in [0.4, 0.5) is 8.78 Å². The molecule has 0 bridgehead atoms. The summed E-state index contributed by atoms with van der Waals surface area (Å²) in [6, 6.07) is 11.7. The zero-order valence-corrected chi connectivity index (χ0v) is 14.4. The number of aliphatic imine (C=N–C) groups is 1. The number of hydrogen-bond acceptors (Lipinski definition) is 3. The van der Waals surface area contributed by atoms with E-state index in [1.165, 1.54) is 23.8 Å². The molecule has 136 valence electrons. The Morgan fingerprint density at radius 1 is 0.885 bits per heavy atom. The first-order valence-electron chi connectivity index (χ1n) is 9.04. The average molecular weight is 357 g/mol. The largest absolute Gasteiger partial charge is 0.475 e. The molecule has 5 heteroatoms. The zero-order valence-electron chi connectivity index (χ0n) is 14.4. The van der Waals surface area contributed by atoms with Crippen molar-refractivity contribution in [3.8, 4) is 0 Å². The first-order chi connectivity index (χ1) is 12.6. The van der Waals surface area contributed by atoms with E-state index < -0.39 is 11.6 Å². The molecular formula is C21H21F2NO2. The van der Waals surface area contributed by atoms with Crippen LogP contribution in [0, 0.1) is 11.6 Å². The Bertz CT molecular complexity index is 791. The van der Waals surface area contributed by atoms with Gasteiger partial charge in [0.2, 0.25) is 5.90 Å². The first kappa shape index (κ1) is 17.2. The lowest BCUT2D eigenvalue weighted by molar-refractivity contribution is 0.122. The second-order valence-electron chi connectivity index (χ2n) is 7.03. The van der Waals surface area contributed by atoms with E-state index in [4.69, 9.17) is 4.74 Å². The van der Waals surface area contributed by atoms with E-state index in [0.29, 0.717) is 5.92 Å². The summed E-state index contributed by atoms with van der Waals surface area (Å²) in [4.78, 5) is 4.38. The van der Waals surface area contributed by atoms with Crippen molar-refractivity contribution in [2.45, 2.75) is 43.7 Å². The highest BCUT2D eigenvalue weighted by molar-refractivity contribution is 5.95. The second kappa shape index (κ2) is 7.16. The molecule has 0 saturated heterocycles. The van der Waals surface area contributed by atoms with Gasteiger partial charge in [0.05, 0.1) is 6.10 Å². The van der Waals surface area contributed by atoms with E-state index in [0.717, 1.165) is 31.2 Å². The van der Waals surface area contributed by atoms with Crippen LogP contribution in [0.1, 0.15) is 54.3 Å². The van der Waals surface area contributed by atoms with Crippen molar-refractivity contribution in [3.05, 3.63) is 70.8 Å². The molecule has 26 heavy (non-hydrogen) atoms. The molecule has 1 N–H and O–H groups in total. The summed E-state index contributed by atoms with van der Waals surface area (Å²) in [5.41, 5.74) is 2.03. The van der Waals surface area contributed by atoms with Crippen LogP contribution in [0.5, 0.6) is 0 Å². The van der Waals surface area contributed by atoms with E-state index in [2.05, 4.69) is 17.1 Å². The third-order valence-corrected chi connectivity index (χ3v) is 5.32. The van der Waals surface area contributed by atoms with Gasteiger partial charge >= 0.3 is 0 Å². The van der Waals surface area contributed by atoms with E-state index in [1.54, 1.807) is 0 Å². The smallest absolute Gasteiger partial charge is 0.222 e. The molecule has 1 saturated carbocycles. The van der Waals surface area contributed by atoms with Crippen molar-refractivity contribution in [2.24, 2.45) is 4.99 Å². The number of nitrogens with zero attached hydrogens (tertiary/aromatic N) is 1. The van der Waals surface area contributed by atoms with Crippen molar-refractivity contribution in [1.82, 2.24) is 0 Å². The third kappa shape index (κ3) is 3.36. The van der Waals surface area contributed by atoms with Gasteiger partial charge in [-0.15, -0.1) is 0 Å². The van der Waals surface area contributed by atoms with Gasteiger partial charge in [-0.25, -0.2) is 13.8 Å². The molecule has 0 aromatic heterocycles. The molecule has 2 aromatic rings. The van der Waals surface area contributed by atoms with Crippen LogP contribution < -0.4 is 0 Å². The minimum Gasteiger partial charge on any atom is -0.475 e. The standard InChI is InChI=1S/C21H21F2NO2/c22-17-2-1-3-18(23)20(17)21-24-19(12-26-21)15-6-4-13(5-7-15)14-8-10-16(25)11-9-14/h1-7,14,16,19,25H,8-12H2. The van der Waals surface area contributed by atoms with Crippen molar-refractivity contribution >= 4 is 5.90 Å². The maximum atomic E-state index is 13.9. The van der Waals surface area contributed by atoms with Crippen molar-refractivity contribution in [1.29, 1.82) is 0 Å². The SMILES string of the molecule is OC1CCC(c2ccc(C3COC(c4c(F)cccc4F)=N3)cc2)CC1. The molecule has 0 amide bonds. The normalized spacial score (nSPS) is 25.7. The van der Waals surface area contributed by atoms with Crippen LogP contribution in [-0.4, -0.2) is 23.7 Å². The van der Waals surface area contributed by atoms with Crippen LogP contribution in [0.15, 0.2) is 47.5 Å². The van der Waals surface area contributed by atoms with Crippen LogP contribution in [0.3, 0.4) is 0 Å². The van der Waals surface area contributed by atoms with Gasteiger partial charge in [-0.2, -0.15) is 0 Å². The molecule has 1 fully saturated rings. The molecule has 1 unspecified atom stereocenters. The fraction of sp³-hybridized carbons (Fsp3) is 0.381. The molecule has 3 nitrogen and oxygen atoms in total. The number of hydrogen-bond donors (Lipinski definition) is 1. The van der Waals surface area contributed by atoms with Crippen LogP contribution in [0.2, 0.25) is 0 Å². The zero-order chi connectivity index (χ0) is 18.1. The number of aliphatic hydroxyl groups is 1. The van der Waals surface area contributed by atoms with Crippen molar-refractivity contribution in [2.75, 3.05) is 6.61 Å². The Hall–Kier alpha value is -2.27. The molecule has 0 spiro atoms. The number of benzene rings is 2. The van der Waals surface area contributed by atoms with Gasteiger partial charge in [0.1, 0.15) is 29.8 Å². The molecule has 1 atom stereocenters. The average Bonchev–Trinajstić information content (AvgIpc) is 3.12. The summed E-state index contributed by atoms with van der Waals surface area (Å²) in [6.07, 6.45) is 3.55. The Kier molecular flexibility index (Phi) is 4.72. The van der Waals surface area contributed by atoms with Gasteiger partial charge in [0.25, 0.3) is 0 Å². The Labute approximate surface area is 151 Å². The topological polar surface area (TPSA) is 41.8 Å². The summed E-state index contributed by atoms with van der Waals surface area (Å²) in [7, 11) is 0. The highest BCUT2D eigenvalue weighted by Crippen LogP contribution is 2.34. The van der Waals surface area contributed by atoms with E-state index in [1.807, 2.05) is 12.1 Å². The molecule has 2 aliphatic rings. The minimum absolute atomic E-state index is 0.0240. The molecule has 1 heterocycles. The van der Waals surface area contributed by atoms with Crippen molar-refractivity contribution < 1.29 is 18.6 Å². The van der Waals surface area contributed by atoms with Gasteiger partial charge in [0.15, 0.2) is 0 Å². The molecular weight excluding hydrogens is 336 g/mol. The fourth-order valence-corrected chi connectivity index (χ4v) is 3.78. The van der Waals surface area contributed by atoms with Crippen LogP contribution in [0.25, 0.3) is 0 Å². The molecule has 1 aliphatic heterocycles. The lowest BCUT2D eigenvalue weighted by atomic mass is 9.82. The maximum Gasteiger partial charge on any atom is 0.222 e. The third-order valence-electron chi connectivity index (χ3n) is 5.32. The summed E-state index contributed by atoms with van der Waals surface area (Å²) in [5.74, 6) is -0.826. The molecule has 1 aliphatic carbocycles. The van der Waals surface area contributed by atoms with E-state index in [-0.39, 0.29) is 30.2 Å². The summed E-state index contributed by atoms with van der Waals surface area (Å²) in [6.45, 7) is 0.276. The highest BCUT2D eigenvalue weighted by Gasteiger charge is 2.26. The second-order valence-corrected chi connectivity index (χ2v) is 7.03. The van der Waals surface area contributed by atoms with Gasteiger partial charge < -0.3 is 9.84 Å². The van der Waals surface area contributed by atoms with E-state index >= 15 is 0 Å². The first-order valence-corrected chi connectivity index (χ1v) is 9.04. The van der Waals surface area contributed by atoms with Gasteiger partial charge in [-0.3, -0.25) is 0 Å². The van der Waals surface area contributed by atoms with Crippen molar-refractivity contribution in [3.63, 3.8) is 0 Å². The Balaban J connectivity index is 1.51. The monoisotopic (exact) mass is 357 g/mol. The van der Waals surface area contributed by atoms with Gasteiger partial charge in [-0.05, 0) is 54.9 Å². The van der Waals surface area contributed by atoms with Crippen LogP contribution >= 0.6 is 0 Å². The number of halogens is 2. The van der Waals surface area contributed by atoms with Gasteiger partial charge in [-0.1, -0.05) is 30.3 Å². The minimum atomic E-state index is -0.667. The number of aliphatic hydroxyl groups excluding tert-OH is 1. The Morgan fingerprint density at radius 2 is 1.50 bits per heavy atom. The quantitative estimate of drug-likeness (QED) is 0.879. The summed E-state index contributed by atoms with van der Waals surface area (Å²) in [5, 5.41) is 9.64. The lowest BCUT2D eigenvalue weighted by Gasteiger charge is -2.25. The lowest BCUT2D eigenvalue weighted by Crippen LogP contribution is -2.16. The summed E-state index contributed by atoms with van der Waals surface area (Å²) < 4.78 is 33.3. The predicted molar refractivity (Wildman–Crippen MR) is 95.2 cm³/mol. The number of rotatable bonds is 3. The van der Waals surface area contributed by atoms with Gasteiger partial charge in [0, 0.05) is 0 Å². The van der Waals surface area contributed by atoms with E-state index in [9.17, 15) is 13.9 Å². The highest BCUT2D eigenvalue weighted by atomic mass is 19.1. The maximum absolute atomic E-state index is 13.9. The Morgan fingerprint density at radius 3 is 2.15 bits per heavy atom. The molecule has 0 radical (unpaired) electrons. The van der Waals surface area contributed by atoms with Crippen LogP contribution in [-0.2, 0) is 4.74 Å². The molecule has 2 aromatic carbocycles. The molecule has 4 rings (SSSR count). The predicted octanol–water partition coefficient (Wildman–Crippen LogP) is 4.50.